The van der Waals surface area contributed by atoms with Crippen molar-refractivity contribution in [2.75, 3.05) is 13.1 Å². The molecular weight excluding hydrogens is 304 g/mol. The molecule has 1 heterocycles. The van der Waals surface area contributed by atoms with Gasteiger partial charge in [0.2, 0.25) is 5.91 Å². The summed E-state index contributed by atoms with van der Waals surface area (Å²) >= 11 is 0. The van der Waals surface area contributed by atoms with Gasteiger partial charge in [0.15, 0.2) is 0 Å². The molecule has 24 heavy (non-hydrogen) atoms. The quantitative estimate of drug-likeness (QED) is 0.902. The van der Waals surface area contributed by atoms with Gasteiger partial charge in [0, 0.05) is 31.1 Å². The highest BCUT2D eigenvalue weighted by Crippen LogP contribution is 2.15. The molecule has 3 unspecified atom stereocenters. The third kappa shape index (κ3) is 4.81. The highest BCUT2D eigenvalue weighted by atomic mass is 16.5. The second kappa shape index (κ2) is 8.29. The van der Waals surface area contributed by atoms with Crippen molar-refractivity contribution < 1.29 is 14.3 Å². The molecule has 1 fully saturated rings. The zero-order valence-electron chi connectivity index (χ0n) is 15.0. The number of amides is 2. The molecule has 5 nitrogen and oxygen atoms in total. The first-order valence-electron chi connectivity index (χ1n) is 8.72. The molecule has 132 valence electrons. The molecule has 0 saturated carbocycles. The van der Waals surface area contributed by atoms with Gasteiger partial charge in [-0.25, -0.2) is 0 Å². The van der Waals surface area contributed by atoms with Crippen LogP contribution in [-0.2, 0) is 16.1 Å². The average Bonchev–Trinajstić information content (AvgIpc) is 2.57. The van der Waals surface area contributed by atoms with Gasteiger partial charge in [-0.15, -0.1) is 0 Å². The molecule has 0 radical (unpaired) electrons. The minimum atomic E-state index is 0.0242. The van der Waals surface area contributed by atoms with Crippen LogP contribution in [0.25, 0.3) is 0 Å². The van der Waals surface area contributed by atoms with Gasteiger partial charge in [-0.1, -0.05) is 26.0 Å². The van der Waals surface area contributed by atoms with E-state index in [4.69, 9.17) is 4.74 Å². The van der Waals surface area contributed by atoms with Crippen molar-refractivity contribution in [3.8, 4) is 0 Å². The number of nitrogens with one attached hydrogen (secondary N) is 1. The molecule has 2 rings (SSSR count). The Balaban J connectivity index is 1.94. The van der Waals surface area contributed by atoms with Crippen molar-refractivity contribution in [3.05, 3.63) is 35.4 Å². The summed E-state index contributed by atoms with van der Waals surface area (Å²) in [5.41, 5.74) is 1.67. The number of hydrogen-bond acceptors (Lipinski definition) is 3. The Kier molecular flexibility index (Phi) is 6.37. The van der Waals surface area contributed by atoms with Crippen molar-refractivity contribution in [2.45, 2.75) is 52.9 Å². The van der Waals surface area contributed by atoms with Gasteiger partial charge >= 0.3 is 0 Å². The number of morpholine rings is 1. The standard InChI is InChI=1S/C19H28N2O3/c1-5-13(2)18(22)20-10-16-6-8-17(9-7-16)19(23)21-11-14(3)24-15(4)12-21/h6-9,13-15H,5,10-12H2,1-4H3,(H,20,22). The Morgan fingerprint density at radius 2 is 1.79 bits per heavy atom. The maximum atomic E-state index is 12.6. The Hall–Kier alpha value is -1.88. The Bertz CT molecular complexity index is 560. The van der Waals surface area contributed by atoms with Gasteiger partial charge in [-0.05, 0) is 38.0 Å². The highest BCUT2D eigenvalue weighted by molar-refractivity contribution is 5.94. The number of nitrogens with zero attached hydrogens (tertiary/aromatic N) is 1. The van der Waals surface area contributed by atoms with Gasteiger partial charge < -0.3 is 15.0 Å². The third-order valence-electron chi connectivity index (χ3n) is 4.43. The first kappa shape index (κ1) is 18.5. The number of benzene rings is 1. The van der Waals surface area contributed by atoms with E-state index in [2.05, 4.69) is 5.32 Å². The fourth-order valence-corrected chi connectivity index (χ4v) is 2.84. The molecule has 1 aromatic rings. The molecule has 0 aromatic heterocycles. The van der Waals surface area contributed by atoms with E-state index in [0.29, 0.717) is 25.2 Å². The van der Waals surface area contributed by atoms with E-state index >= 15 is 0 Å². The van der Waals surface area contributed by atoms with Crippen molar-refractivity contribution in [2.24, 2.45) is 5.92 Å². The molecule has 1 aromatic carbocycles. The van der Waals surface area contributed by atoms with Crippen LogP contribution in [0.2, 0.25) is 0 Å². The van der Waals surface area contributed by atoms with Crippen molar-refractivity contribution >= 4 is 11.8 Å². The summed E-state index contributed by atoms with van der Waals surface area (Å²) in [6.45, 7) is 9.62. The van der Waals surface area contributed by atoms with Gasteiger partial charge in [-0.2, -0.15) is 0 Å². The fraction of sp³-hybridized carbons (Fsp3) is 0.579. The molecule has 0 spiro atoms. The van der Waals surface area contributed by atoms with Crippen LogP contribution >= 0.6 is 0 Å². The number of carbonyl (C=O) groups is 2. The zero-order valence-corrected chi connectivity index (χ0v) is 15.0. The SMILES string of the molecule is CCC(C)C(=O)NCc1ccc(C(=O)N2CC(C)OC(C)C2)cc1. The van der Waals surface area contributed by atoms with E-state index in [1.54, 1.807) is 0 Å². The summed E-state index contributed by atoms with van der Waals surface area (Å²) in [6.07, 6.45) is 0.954. The minimum absolute atomic E-state index is 0.0242. The van der Waals surface area contributed by atoms with Crippen LogP contribution in [0.3, 0.4) is 0 Å². The predicted octanol–water partition coefficient (Wildman–Crippen LogP) is 2.60. The maximum absolute atomic E-state index is 12.6. The summed E-state index contributed by atoms with van der Waals surface area (Å²) in [7, 11) is 0. The molecule has 2 amide bonds. The number of carbonyl (C=O) groups excluding carboxylic acids is 2. The smallest absolute Gasteiger partial charge is 0.254 e. The monoisotopic (exact) mass is 332 g/mol. The first-order chi connectivity index (χ1) is 11.4. The number of ether oxygens (including phenoxy) is 1. The van der Waals surface area contributed by atoms with Gasteiger partial charge in [0.05, 0.1) is 12.2 Å². The zero-order chi connectivity index (χ0) is 17.7. The molecule has 3 atom stereocenters. The number of rotatable bonds is 5. The van der Waals surface area contributed by atoms with Crippen LogP contribution in [0.4, 0.5) is 0 Å². The van der Waals surface area contributed by atoms with Crippen LogP contribution in [0.1, 0.15) is 50.0 Å². The lowest BCUT2D eigenvalue weighted by molar-refractivity contribution is -0.124. The topological polar surface area (TPSA) is 58.6 Å². The second-order valence-corrected chi connectivity index (χ2v) is 6.69. The Morgan fingerprint density at radius 3 is 2.33 bits per heavy atom. The lowest BCUT2D eigenvalue weighted by Crippen LogP contribution is -2.48. The molecule has 1 aliphatic rings. The van der Waals surface area contributed by atoms with Gasteiger partial charge in [-0.3, -0.25) is 9.59 Å². The summed E-state index contributed by atoms with van der Waals surface area (Å²) in [5.74, 6) is 0.122. The lowest BCUT2D eigenvalue weighted by atomic mass is 10.1. The third-order valence-corrected chi connectivity index (χ3v) is 4.43. The average molecular weight is 332 g/mol. The summed E-state index contributed by atoms with van der Waals surface area (Å²) < 4.78 is 5.67. The molecule has 1 saturated heterocycles. The van der Waals surface area contributed by atoms with E-state index < -0.39 is 0 Å². The molecule has 0 bridgehead atoms. The minimum Gasteiger partial charge on any atom is -0.372 e. The summed E-state index contributed by atoms with van der Waals surface area (Å²) in [4.78, 5) is 26.2. The second-order valence-electron chi connectivity index (χ2n) is 6.69. The van der Waals surface area contributed by atoms with Crippen molar-refractivity contribution in [3.63, 3.8) is 0 Å². The molecule has 1 N–H and O–H groups in total. The molecule has 5 heteroatoms. The van der Waals surface area contributed by atoms with Gasteiger partial charge in [0.25, 0.3) is 5.91 Å². The highest BCUT2D eigenvalue weighted by Gasteiger charge is 2.26. The maximum Gasteiger partial charge on any atom is 0.254 e. The summed E-state index contributed by atoms with van der Waals surface area (Å²) in [6, 6.07) is 7.46. The molecular formula is C19H28N2O3. The normalized spacial score (nSPS) is 22.1. The van der Waals surface area contributed by atoms with Crippen LogP contribution in [0.5, 0.6) is 0 Å². The van der Waals surface area contributed by atoms with E-state index in [1.807, 2.05) is 56.9 Å². The van der Waals surface area contributed by atoms with E-state index in [0.717, 1.165) is 12.0 Å². The molecule has 0 aliphatic carbocycles. The van der Waals surface area contributed by atoms with E-state index in [9.17, 15) is 9.59 Å². The van der Waals surface area contributed by atoms with Crippen LogP contribution in [-0.4, -0.2) is 42.0 Å². The van der Waals surface area contributed by atoms with E-state index in [1.165, 1.54) is 0 Å². The lowest BCUT2D eigenvalue weighted by Gasteiger charge is -2.35. The van der Waals surface area contributed by atoms with Gasteiger partial charge in [0.1, 0.15) is 0 Å². The first-order valence-corrected chi connectivity index (χ1v) is 8.72. The summed E-state index contributed by atoms with van der Waals surface area (Å²) in [5, 5.41) is 2.92. The Labute approximate surface area is 144 Å². The van der Waals surface area contributed by atoms with Crippen molar-refractivity contribution in [1.82, 2.24) is 10.2 Å². The number of hydrogen-bond donors (Lipinski definition) is 1. The van der Waals surface area contributed by atoms with Crippen LogP contribution in [0, 0.1) is 5.92 Å². The van der Waals surface area contributed by atoms with Crippen LogP contribution < -0.4 is 5.32 Å². The van der Waals surface area contributed by atoms with E-state index in [-0.39, 0.29) is 29.9 Å². The van der Waals surface area contributed by atoms with Crippen molar-refractivity contribution in [1.29, 1.82) is 0 Å². The Morgan fingerprint density at radius 1 is 1.21 bits per heavy atom. The fourth-order valence-electron chi connectivity index (χ4n) is 2.84. The molecule has 1 aliphatic heterocycles. The predicted molar refractivity (Wildman–Crippen MR) is 93.7 cm³/mol. The largest absolute Gasteiger partial charge is 0.372 e. The van der Waals surface area contributed by atoms with Crippen LogP contribution in [0.15, 0.2) is 24.3 Å².